The molecule has 0 heterocycles. The van der Waals surface area contributed by atoms with Gasteiger partial charge in [0.1, 0.15) is 5.60 Å². The molecule has 0 fully saturated rings. The van der Waals surface area contributed by atoms with Crippen molar-refractivity contribution < 1.29 is 24.5 Å². The number of benzene rings is 1. The lowest BCUT2D eigenvalue weighted by Gasteiger charge is -2.26. The number of nitrogens with one attached hydrogen (secondary N) is 2. The molecular weight excluding hydrogens is 300 g/mol. The molecule has 1 rings (SSSR count). The number of aliphatic hydroxyl groups is 1. The highest BCUT2D eigenvalue weighted by Gasteiger charge is 2.23. The largest absolute Gasteiger partial charge is 0.465 e. The Bertz CT molecular complexity index is 504. The van der Waals surface area contributed by atoms with Crippen LogP contribution in [-0.2, 0) is 11.2 Å². The zero-order chi connectivity index (χ0) is 17.3. The Labute approximate surface area is 135 Å². The van der Waals surface area contributed by atoms with Gasteiger partial charge in [0.15, 0.2) is 0 Å². The molecule has 0 aromatic heterocycles. The Balaban J connectivity index is 2.37. The third-order valence-corrected chi connectivity index (χ3v) is 3.27. The summed E-state index contributed by atoms with van der Waals surface area (Å²) in [6.45, 7) is 3.17. The van der Waals surface area contributed by atoms with Gasteiger partial charge >= 0.3 is 12.2 Å². The highest BCUT2D eigenvalue weighted by Crippen LogP contribution is 2.18. The fraction of sp³-hybridized carbons (Fsp3) is 0.500. The van der Waals surface area contributed by atoms with Crippen molar-refractivity contribution in [3.8, 4) is 0 Å². The van der Waals surface area contributed by atoms with Crippen LogP contribution < -0.4 is 10.6 Å². The third-order valence-electron chi connectivity index (χ3n) is 3.27. The maximum atomic E-state index is 11.8. The minimum absolute atomic E-state index is 0.0452. The number of aryl methyl sites for hydroxylation is 1. The van der Waals surface area contributed by atoms with E-state index in [1.807, 2.05) is 44.2 Å². The summed E-state index contributed by atoms with van der Waals surface area (Å²) >= 11 is 0. The van der Waals surface area contributed by atoms with Crippen molar-refractivity contribution in [2.45, 2.75) is 38.3 Å². The fourth-order valence-electron chi connectivity index (χ4n) is 1.97. The van der Waals surface area contributed by atoms with Crippen molar-refractivity contribution in [1.29, 1.82) is 0 Å². The lowest BCUT2D eigenvalue weighted by molar-refractivity contribution is 0.0322. The molecule has 0 spiro atoms. The second-order valence-electron chi connectivity index (χ2n) is 5.84. The van der Waals surface area contributed by atoms with Crippen LogP contribution in [0.2, 0.25) is 0 Å². The smallest absolute Gasteiger partial charge is 0.407 e. The van der Waals surface area contributed by atoms with E-state index in [-0.39, 0.29) is 6.54 Å². The molecule has 2 amide bonds. The molecule has 0 radical (unpaired) electrons. The molecule has 0 saturated heterocycles. The monoisotopic (exact) mass is 324 g/mol. The molecule has 0 aliphatic rings. The topological polar surface area (TPSA) is 108 Å². The Morgan fingerprint density at radius 2 is 1.91 bits per heavy atom. The Hall–Kier alpha value is -2.28. The minimum Gasteiger partial charge on any atom is -0.465 e. The minimum atomic E-state index is -1.26. The summed E-state index contributed by atoms with van der Waals surface area (Å²) < 4.78 is 5.35. The van der Waals surface area contributed by atoms with E-state index in [4.69, 9.17) is 14.9 Å². The molecular formula is C16H24N2O5. The number of rotatable bonds is 8. The van der Waals surface area contributed by atoms with Crippen molar-refractivity contribution in [1.82, 2.24) is 10.6 Å². The van der Waals surface area contributed by atoms with E-state index < -0.39 is 30.4 Å². The first-order valence-electron chi connectivity index (χ1n) is 7.43. The molecule has 23 heavy (non-hydrogen) atoms. The fourth-order valence-corrected chi connectivity index (χ4v) is 1.97. The first-order valence-corrected chi connectivity index (χ1v) is 7.43. The number of carbonyl (C=O) groups excluding carboxylic acids is 1. The molecule has 0 bridgehead atoms. The summed E-state index contributed by atoms with van der Waals surface area (Å²) in [5.41, 5.74) is 0.505. The maximum absolute atomic E-state index is 11.8. The maximum Gasteiger partial charge on any atom is 0.407 e. The van der Waals surface area contributed by atoms with E-state index in [9.17, 15) is 9.59 Å². The molecule has 7 nitrogen and oxygen atoms in total. The molecule has 1 aromatic rings. The van der Waals surface area contributed by atoms with Gasteiger partial charge in [0.05, 0.1) is 12.6 Å². The number of hydrogen-bond donors (Lipinski definition) is 4. The van der Waals surface area contributed by atoms with Crippen LogP contribution in [0.5, 0.6) is 0 Å². The van der Waals surface area contributed by atoms with Gasteiger partial charge in [-0.1, -0.05) is 30.3 Å². The number of hydrogen-bond acceptors (Lipinski definition) is 4. The van der Waals surface area contributed by atoms with Crippen LogP contribution in [0.15, 0.2) is 30.3 Å². The highest BCUT2D eigenvalue weighted by molar-refractivity contribution is 5.68. The summed E-state index contributed by atoms with van der Waals surface area (Å²) in [5, 5.41) is 22.1. The summed E-state index contributed by atoms with van der Waals surface area (Å²) in [7, 11) is 0. The van der Waals surface area contributed by atoms with Crippen molar-refractivity contribution in [3.63, 3.8) is 0 Å². The number of alkyl carbamates (subject to hydrolysis) is 1. The van der Waals surface area contributed by atoms with Gasteiger partial charge in [0.25, 0.3) is 0 Å². The van der Waals surface area contributed by atoms with E-state index in [2.05, 4.69) is 10.6 Å². The lowest BCUT2D eigenvalue weighted by atomic mass is 9.99. The quantitative estimate of drug-likeness (QED) is 0.583. The van der Waals surface area contributed by atoms with Crippen LogP contribution in [0.25, 0.3) is 0 Å². The second kappa shape index (κ2) is 8.99. The summed E-state index contributed by atoms with van der Waals surface area (Å²) in [6.07, 6.45) is -0.474. The van der Waals surface area contributed by atoms with E-state index in [1.165, 1.54) is 0 Å². The van der Waals surface area contributed by atoms with Crippen LogP contribution in [0, 0.1) is 0 Å². The molecule has 1 unspecified atom stereocenters. The first-order chi connectivity index (χ1) is 10.8. The summed E-state index contributed by atoms with van der Waals surface area (Å²) in [6, 6.07) is 9.12. The summed E-state index contributed by atoms with van der Waals surface area (Å²) in [5.74, 6) is 0. The van der Waals surface area contributed by atoms with Gasteiger partial charge in [-0.2, -0.15) is 0 Å². The van der Waals surface area contributed by atoms with Crippen LogP contribution in [0.4, 0.5) is 9.59 Å². The van der Waals surface area contributed by atoms with Gasteiger partial charge in [-0.15, -0.1) is 0 Å². The zero-order valence-corrected chi connectivity index (χ0v) is 13.4. The average molecular weight is 324 g/mol. The van der Waals surface area contributed by atoms with Crippen LogP contribution in [-0.4, -0.2) is 47.2 Å². The van der Waals surface area contributed by atoms with Crippen molar-refractivity contribution in [2.24, 2.45) is 0 Å². The predicted molar refractivity (Wildman–Crippen MR) is 85.4 cm³/mol. The highest BCUT2D eigenvalue weighted by atomic mass is 16.6. The van der Waals surface area contributed by atoms with E-state index in [0.29, 0.717) is 6.42 Å². The van der Waals surface area contributed by atoms with Crippen LogP contribution in [0.3, 0.4) is 0 Å². The predicted octanol–water partition coefficient (Wildman–Crippen LogP) is 1.75. The summed E-state index contributed by atoms with van der Waals surface area (Å²) in [4.78, 5) is 22.3. The van der Waals surface area contributed by atoms with Crippen molar-refractivity contribution in [2.75, 3.05) is 13.2 Å². The standard InChI is InChI=1S/C16H24N2O5/c1-16(2,9-8-12-6-4-3-5-7-12)23-15(22)17-10-13(11-19)18-14(20)21/h3-7,13,18-19H,8-11H2,1-2H3,(H,17,22)(H,20,21). The van der Waals surface area contributed by atoms with Crippen molar-refractivity contribution in [3.05, 3.63) is 35.9 Å². The van der Waals surface area contributed by atoms with Gasteiger partial charge in [-0.05, 0) is 32.3 Å². The van der Waals surface area contributed by atoms with Crippen LogP contribution >= 0.6 is 0 Å². The molecule has 7 heteroatoms. The molecule has 128 valence electrons. The zero-order valence-electron chi connectivity index (χ0n) is 13.4. The average Bonchev–Trinajstić information content (AvgIpc) is 2.50. The molecule has 0 aliphatic heterocycles. The Kier molecular flexibility index (Phi) is 7.34. The van der Waals surface area contributed by atoms with E-state index in [0.717, 1.165) is 12.0 Å². The van der Waals surface area contributed by atoms with Gasteiger partial charge in [0, 0.05) is 6.54 Å². The lowest BCUT2D eigenvalue weighted by Crippen LogP contribution is -2.46. The SMILES string of the molecule is CC(C)(CCc1ccccc1)OC(=O)NCC(CO)NC(=O)O. The number of ether oxygens (including phenoxy) is 1. The van der Waals surface area contributed by atoms with Gasteiger partial charge < -0.3 is 25.6 Å². The Morgan fingerprint density at radius 1 is 1.26 bits per heavy atom. The molecule has 0 aliphatic carbocycles. The van der Waals surface area contributed by atoms with Gasteiger partial charge in [-0.25, -0.2) is 9.59 Å². The number of carboxylic acid groups (broad SMARTS) is 1. The van der Waals surface area contributed by atoms with E-state index in [1.54, 1.807) is 0 Å². The van der Waals surface area contributed by atoms with E-state index >= 15 is 0 Å². The van der Waals surface area contributed by atoms with Crippen LogP contribution in [0.1, 0.15) is 25.8 Å². The molecule has 4 N–H and O–H groups in total. The molecule has 1 aromatic carbocycles. The normalized spacial score (nSPS) is 12.3. The van der Waals surface area contributed by atoms with Gasteiger partial charge in [0.2, 0.25) is 0 Å². The van der Waals surface area contributed by atoms with Gasteiger partial charge in [-0.3, -0.25) is 0 Å². The third kappa shape index (κ3) is 8.06. The number of carbonyl (C=O) groups is 2. The van der Waals surface area contributed by atoms with Crippen molar-refractivity contribution >= 4 is 12.2 Å². The second-order valence-corrected chi connectivity index (χ2v) is 5.84. The number of amides is 2. The number of aliphatic hydroxyl groups excluding tert-OH is 1. The Morgan fingerprint density at radius 3 is 2.48 bits per heavy atom. The first kappa shape index (κ1) is 18.8. The molecule has 1 atom stereocenters. The molecule has 0 saturated carbocycles.